The zero-order valence-corrected chi connectivity index (χ0v) is 18.0. The normalized spacial score (nSPS) is 25.3. The van der Waals surface area contributed by atoms with Crippen molar-refractivity contribution in [1.82, 2.24) is 0 Å². The number of aromatic hydroxyl groups is 1. The quantitative estimate of drug-likeness (QED) is 0.517. The van der Waals surface area contributed by atoms with Gasteiger partial charge in [-0.2, -0.15) is 0 Å². The molecular weight excluding hydrogens is 340 g/mol. The Bertz CT molecular complexity index is 766. The lowest BCUT2D eigenvalue weighted by atomic mass is 9.66. The minimum atomic E-state index is 0.326. The van der Waals surface area contributed by atoms with Crippen LogP contribution < -0.4 is 0 Å². The second-order valence-electron chi connectivity index (χ2n) is 9.10. The van der Waals surface area contributed by atoms with E-state index >= 15 is 0 Å². The molecule has 1 nitrogen and oxygen atoms in total. The molecule has 0 aromatic heterocycles. The van der Waals surface area contributed by atoms with Gasteiger partial charge in [-0.1, -0.05) is 76.1 Å². The van der Waals surface area contributed by atoms with Crippen molar-refractivity contribution in [2.75, 3.05) is 0 Å². The monoisotopic (exact) mass is 376 g/mol. The molecule has 2 aromatic rings. The van der Waals surface area contributed by atoms with Gasteiger partial charge in [0.05, 0.1) is 0 Å². The molecule has 4 atom stereocenters. The highest BCUT2D eigenvalue weighted by Gasteiger charge is 2.32. The molecule has 1 saturated carbocycles. The molecule has 2 aromatic carbocycles. The van der Waals surface area contributed by atoms with Crippen LogP contribution in [-0.4, -0.2) is 5.11 Å². The summed E-state index contributed by atoms with van der Waals surface area (Å²) in [5.74, 6) is 3.74. The van der Waals surface area contributed by atoms with Gasteiger partial charge in [-0.05, 0) is 84.2 Å². The molecule has 0 radical (unpaired) electrons. The predicted octanol–water partition coefficient (Wildman–Crippen LogP) is 7.51. The summed E-state index contributed by atoms with van der Waals surface area (Å²) in [4.78, 5) is 0. The van der Waals surface area contributed by atoms with E-state index in [-0.39, 0.29) is 0 Å². The van der Waals surface area contributed by atoms with Crippen molar-refractivity contribution in [3.63, 3.8) is 0 Å². The van der Waals surface area contributed by atoms with Crippen molar-refractivity contribution in [3.05, 3.63) is 64.7 Å². The van der Waals surface area contributed by atoms with Crippen LogP contribution in [0.2, 0.25) is 0 Å². The summed E-state index contributed by atoms with van der Waals surface area (Å²) in [6, 6.07) is 14.7. The maximum atomic E-state index is 9.74. The van der Waals surface area contributed by atoms with Gasteiger partial charge in [-0.25, -0.2) is 0 Å². The Kier molecular flexibility index (Phi) is 6.99. The van der Waals surface area contributed by atoms with Crippen molar-refractivity contribution in [1.29, 1.82) is 0 Å². The molecule has 1 aliphatic carbocycles. The summed E-state index contributed by atoms with van der Waals surface area (Å²) in [7, 11) is 0. The van der Waals surface area contributed by atoms with E-state index in [9.17, 15) is 5.11 Å². The van der Waals surface area contributed by atoms with E-state index in [4.69, 9.17) is 0 Å². The van der Waals surface area contributed by atoms with Crippen molar-refractivity contribution in [3.8, 4) is 5.75 Å². The first-order chi connectivity index (χ1) is 13.4. The SMILES string of the molecule is CCCC1CC(C)C(C)C(Cc2ccc(/C=C/c3cc(C)cc(O)c3)cc2)C1. The molecule has 0 aliphatic heterocycles. The third kappa shape index (κ3) is 5.50. The minimum absolute atomic E-state index is 0.326. The van der Waals surface area contributed by atoms with E-state index in [1.807, 2.05) is 6.92 Å². The molecule has 150 valence electrons. The molecule has 4 unspecified atom stereocenters. The fraction of sp³-hybridized carbons (Fsp3) is 0.481. The standard InChI is InChI=1S/C27H36O/c1-5-6-24-15-20(3)21(4)26(17-24)16-23-10-7-22(8-11-23)9-12-25-13-19(2)14-27(28)18-25/h7-14,18,20-21,24,26,28H,5-6,15-17H2,1-4H3/b12-9+. The number of hydrogen-bond acceptors (Lipinski definition) is 1. The average molecular weight is 377 g/mol. The average Bonchev–Trinajstić information content (AvgIpc) is 2.65. The van der Waals surface area contributed by atoms with Gasteiger partial charge in [0.15, 0.2) is 0 Å². The van der Waals surface area contributed by atoms with Crippen molar-refractivity contribution in [2.45, 2.75) is 59.8 Å². The molecule has 0 spiro atoms. The molecule has 28 heavy (non-hydrogen) atoms. The molecule has 0 amide bonds. The number of phenols is 1. The molecule has 0 bridgehead atoms. The van der Waals surface area contributed by atoms with Crippen LogP contribution in [0.4, 0.5) is 0 Å². The summed E-state index contributed by atoms with van der Waals surface area (Å²) in [6.07, 6.45) is 10.9. The third-order valence-corrected chi connectivity index (χ3v) is 6.71. The van der Waals surface area contributed by atoms with Gasteiger partial charge < -0.3 is 5.11 Å². The van der Waals surface area contributed by atoms with E-state index in [1.54, 1.807) is 12.1 Å². The highest BCUT2D eigenvalue weighted by molar-refractivity contribution is 5.70. The van der Waals surface area contributed by atoms with Gasteiger partial charge in [0, 0.05) is 0 Å². The lowest BCUT2D eigenvalue weighted by Gasteiger charge is -2.39. The fourth-order valence-electron chi connectivity index (χ4n) is 5.01. The first kappa shape index (κ1) is 20.7. The largest absolute Gasteiger partial charge is 0.508 e. The molecule has 3 rings (SSSR count). The second-order valence-corrected chi connectivity index (χ2v) is 9.10. The molecule has 1 fully saturated rings. The number of aryl methyl sites for hydroxylation is 1. The predicted molar refractivity (Wildman–Crippen MR) is 121 cm³/mol. The molecule has 1 heteroatoms. The Morgan fingerprint density at radius 2 is 1.68 bits per heavy atom. The Labute approximate surface area is 171 Å². The number of hydrogen-bond donors (Lipinski definition) is 1. The van der Waals surface area contributed by atoms with Crippen molar-refractivity contribution in [2.24, 2.45) is 23.7 Å². The Balaban J connectivity index is 1.64. The van der Waals surface area contributed by atoms with E-state index in [0.717, 1.165) is 34.8 Å². The number of benzene rings is 2. The first-order valence-electron chi connectivity index (χ1n) is 11.0. The van der Waals surface area contributed by atoms with Crippen LogP contribution in [0.1, 0.15) is 68.7 Å². The number of phenolic OH excluding ortho intramolecular Hbond substituents is 1. The topological polar surface area (TPSA) is 20.2 Å². The lowest BCUT2D eigenvalue weighted by Crippen LogP contribution is -2.30. The van der Waals surface area contributed by atoms with Crippen molar-refractivity contribution >= 4 is 12.2 Å². The highest BCUT2D eigenvalue weighted by atomic mass is 16.3. The van der Waals surface area contributed by atoms with Gasteiger partial charge >= 0.3 is 0 Å². The van der Waals surface area contributed by atoms with Gasteiger partial charge in [-0.3, -0.25) is 0 Å². The molecule has 1 N–H and O–H groups in total. The van der Waals surface area contributed by atoms with Crippen LogP contribution in [0.3, 0.4) is 0 Å². The first-order valence-corrected chi connectivity index (χ1v) is 11.0. The highest BCUT2D eigenvalue weighted by Crippen LogP contribution is 2.41. The van der Waals surface area contributed by atoms with Crippen LogP contribution in [0.5, 0.6) is 5.75 Å². The van der Waals surface area contributed by atoms with Crippen molar-refractivity contribution < 1.29 is 5.11 Å². The summed E-state index contributed by atoms with van der Waals surface area (Å²) in [5, 5.41) is 9.74. The summed E-state index contributed by atoms with van der Waals surface area (Å²) in [5.41, 5.74) is 4.78. The number of rotatable bonds is 6. The smallest absolute Gasteiger partial charge is 0.116 e. The Morgan fingerprint density at radius 1 is 0.964 bits per heavy atom. The van der Waals surface area contributed by atoms with Crippen LogP contribution in [0.25, 0.3) is 12.2 Å². The minimum Gasteiger partial charge on any atom is -0.508 e. The lowest BCUT2D eigenvalue weighted by molar-refractivity contribution is 0.123. The van der Waals surface area contributed by atoms with Crippen LogP contribution in [0, 0.1) is 30.6 Å². The van der Waals surface area contributed by atoms with Gasteiger partial charge in [0.25, 0.3) is 0 Å². The van der Waals surface area contributed by atoms with Crippen LogP contribution in [-0.2, 0) is 6.42 Å². The van der Waals surface area contributed by atoms with Gasteiger partial charge in [-0.15, -0.1) is 0 Å². The van der Waals surface area contributed by atoms with E-state index in [0.29, 0.717) is 5.75 Å². The zero-order valence-electron chi connectivity index (χ0n) is 18.0. The Hall–Kier alpha value is -2.02. The molecule has 0 saturated heterocycles. The maximum absolute atomic E-state index is 9.74. The molecule has 1 aliphatic rings. The maximum Gasteiger partial charge on any atom is 0.116 e. The summed E-state index contributed by atoms with van der Waals surface area (Å²) < 4.78 is 0. The zero-order chi connectivity index (χ0) is 20.1. The second kappa shape index (κ2) is 9.45. The van der Waals surface area contributed by atoms with E-state index < -0.39 is 0 Å². The van der Waals surface area contributed by atoms with E-state index in [2.05, 4.69) is 63.3 Å². The molecule has 0 heterocycles. The summed E-state index contributed by atoms with van der Waals surface area (Å²) >= 11 is 0. The molecular formula is C27H36O. The fourth-order valence-corrected chi connectivity index (χ4v) is 5.01. The van der Waals surface area contributed by atoms with Gasteiger partial charge in [0.1, 0.15) is 5.75 Å². The van der Waals surface area contributed by atoms with Crippen LogP contribution in [0.15, 0.2) is 42.5 Å². The summed E-state index contributed by atoms with van der Waals surface area (Å²) in [6.45, 7) is 9.24. The van der Waals surface area contributed by atoms with Gasteiger partial charge in [0.2, 0.25) is 0 Å². The third-order valence-electron chi connectivity index (χ3n) is 6.71. The van der Waals surface area contributed by atoms with Crippen LogP contribution >= 0.6 is 0 Å². The van der Waals surface area contributed by atoms with E-state index in [1.165, 1.54) is 43.2 Å². The Morgan fingerprint density at radius 3 is 2.36 bits per heavy atom.